The van der Waals surface area contributed by atoms with Gasteiger partial charge in [0, 0.05) is 13.6 Å². The van der Waals surface area contributed by atoms with Crippen molar-refractivity contribution in [1.29, 1.82) is 0 Å². The predicted octanol–water partition coefficient (Wildman–Crippen LogP) is 1.09. The Balaban J connectivity index is 1.95. The van der Waals surface area contributed by atoms with E-state index in [1.807, 2.05) is 7.05 Å². The van der Waals surface area contributed by atoms with Crippen LogP contribution in [0.15, 0.2) is 0 Å². The van der Waals surface area contributed by atoms with E-state index in [1.165, 1.54) is 19.3 Å². The molecule has 0 spiro atoms. The van der Waals surface area contributed by atoms with E-state index >= 15 is 0 Å². The zero-order chi connectivity index (χ0) is 9.54. The molecule has 1 aliphatic heterocycles. The largest absolute Gasteiger partial charge is 0.356 e. The minimum Gasteiger partial charge on any atom is -0.356 e. The van der Waals surface area contributed by atoms with E-state index < -0.39 is 0 Å². The quantitative estimate of drug-likeness (QED) is 0.738. The summed E-state index contributed by atoms with van der Waals surface area (Å²) in [6, 6.07) is 0.584. The second kappa shape index (κ2) is 2.87. The third kappa shape index (κ3) is 1.15. The minimum atomic E-state index is 0.584. The lowest BCUT2D eigenvalue weighted by atomic mass is 10.1. The van der Waals surface area contributed by atoms with E-state index in [1.54, 1.807) is 0 Å². The number of rotatable bonds is 2. The topological polar surface area (TPSA) is 54.8 Å². The molecular weight excluding hydrogens is 178 g/mol. The lowest BCUT2D eigenvalue weighted by molar-refractivity contribution is 0.375. The van der Waals surface area contributed by atoms with Crippen LogP contribution in [0.2, 0.25) is 0 Å². The van der Waals surface area contributed by atoms with Crippen LogP contribution in [0.1, 0.15) is 25.3 Å². The summed E-state index contributed by atoms with van der Waals surface area (Å²) in [7, 11) is 1.85. The lowest BCUT2D eigenvalue weighted by Gasteiger charge is -2.23. The Kier molecular flexibility index (Phi) is 1.65. The maximum Gasteiger partial charge on any atom is 0.243 e. The molecule has 1 unspecified atom stereocenters. The van der Waals surface area contributed by atoms with Crippen LogP contribution in [0.4, 0.5) is 11.9 Å². The molecule has 1 aromatic heterocycles. The van der Waals surface area contributed by atoms with Crippen LogP contribution in [-0.4, -0.2) is 28.4 Å². The number of aromatic nitrogens is 3. The molecule has 2 heterocycles. The highest BCUT2D eigenvalue weighted by molar-refractivity contribution is 5.36. The van der Waals surface area contributed by atoms with Gasteiger partial charge in [0.1, 0.15) is 0 Å². The summed E-state index contributed by atoms with van der Waals surface area (Å²) in [5.41, 5.74) is 0. The van der Waals surface area contributed by atoms with Crippen LogP contribution in [0.5, 0.6) is 0 Å². The molecular formula is C9H15N5. The zero-order valence-corrected chi connectivity index (χ0v) is 8.32. The van der Waals surface area contributed by atoms with Gasteiger partial charge in [-0.2, -0.15) is 4.98 Å². The van der Waals surface area contributed by atoms with E-state index in [0.717, 1.165) is 24.4 Å². The number of hydrogen-bond donors (Lipinski definition) is 2. The van der Waals surface area contributed by atoms with Gasteiger partial charge < -0.3 is 10.6 Å². The summed E-state index contributed by atoms with van der Waals surface area (Å²) in [5, 5.41) is 10.7. The lowest BCUT2D eigenvalue weighted by Crippen LogP contribution is -2.25. The Labute approximate surface area is 82.9 Å². The first-order chi connectivity index (χ1) is 6.88. The second-order valence-electron chi connectivity index (χ2n) is 4.07. The minimum absolute atomic E-state index is 0.584. The van der Waals surface area contributed by atoms with E-state index in [-0.39, 0.29) is 0 Å². The van der Waals surface area contributed by atoms with E-state index in [9.17, 15) is 0 Å². The molecule has 0 aromatic carbocycles. The second-order valence-corrected chi connectivity index (χ2v) is 4.07. The van der Waals surface area contributed by atoms with Gasteiger partial charge in [-0.3, -0.25) is 0 Å². The summed E-state index contributed by atoms with van der Waals surface area (Å²) in [6.45, 7) is 1.03. The van der Waals surface area contributed by atoms with E-state index in [0.29, 0.717) is 6.04 Å². The van der Waals surface area contributed by atoms with Gasteiger partial charge >= 0.3 is 0 Å². The van der Waals surface area contributed by atoms with Crippen molar-refractivity contribution in [1.82, 2.24) is 14.8 Å². The van der Waals surface area contributed by atoms with Crippen LogP contribution in [0.25, 0.3) is 0 Å². The summed E-state index contributed by atoms with van der Waals surface area (Å²) >= 11 is 0. The number of nitrogens with one attached hydrogen (secondary N) is 2. The predicted molar refractivity (Wildman–Crippen MR) is 54.4 cm³/mol. The van der Waals surface area contributed by atoms with Crippen molar-refractivity contribution in [3.63, 3.8) is 0 Å². The molecule has 14 heavy (non-hydrogen) atoms. The fraction of sp³-hybridized carbons (Fsp3) is 0.778. The number of anilines is 2. The fourth-order valence-corrected chi connectivity index (χ4v) is 2.15. The highest BCUT2D eigenvalue weighted by atomic mass is 15.5. The molecule has 1 atom stereocenters. The van der Waals surface area contributed by atoms with Gasteiger partial charge in [-0.05, 0) is 25.2 Å². The van der Waals surface area contributed by atoms with Crippen LogP contribution in [0, 0.1) is 5.92 Å². The Bertz CT molecular complexity index is 341. The average Bonchev–Trinajstić information content (AvgIpc) is 2.96. The highest BCUT2D eigenvalue weighted by Gasteiger charge is 2.36. The molecule has 3 rings (SSSR count). The fourth-order valence-electron chi connectivity index (χ4n) is 2.15. The first-order valence-electron chi connectivity index (χ1n) is 5.26. The van der Waals surface area contributed by atoms with Crippen molar-refractivity contribution in [2.45, 2.75) is 25.3 Å². The van der Waals surface area contributed by atoms with E-state index in [4.69, 9.17) is 0 Å². The highest BCUT2D eigenvalue weighted by Crippen LogP contribution is 2.43. The molecule has 1 fully saturated rings. The van der Waals surface area contributed by atoms with Gasteiger partial charge in [-0.25, -0.2) is 4.68 Å². The standard InChI is InChI=1S/C9H15N5/c1-10-8-12-9-11-5-4-7(6-2-3-6)14(9)13-8/h6-7H,2-5H2,1H3,(H2,10,11,12,13). The monoisotopic (exact) mass is 193 g/mol. The Morgan fingerprint density at radius 1 is 1.43 bits per heavy atom. The van der Waals surface area contributed by atoms with Gasteiger partial charge in [0.25, 0.3) is 0 Å². The van der Waals surface area contributed by atoms with Crippen molar-refractivity contribution < 1.29 is 0 Å². The molecule has 1 saturated carbocycles. The molecule has 5 heteroatoms. The van der Waals surface area contributed by atoms with Crippen molar-refractivity contribution in [3.05, 3.63) is 0 Å². The maximum atomic E-state index is 4.44. The average molecular weight is 193 g/mol. The SMILES string of the molecule is CNc1nc2n(n1)C(C1CC1)CCN2. The summed E-state index contributed by atoms with van der Waals surface area (Å²) < 4.78 is 2.06. The number of hydrogen-bond acceptors (Lipinski definition) is 4. The maximum absolute atomic E-state index is 4.44. The summed E-state index contributed by atoms with van der Waals surface area (Å²) in [6.07, 6.45) is 3.90. The normalized spacial score (nSPS) is 25.4. The van der Waals surface area contributed by atoms with Crippen molar-refractivity contribution in [3.8, 4) is 0 Å². The molecule has 76 valence electrons. The van der Waals surface area contributed by atoms with E-state index in [2.05, 4.69) is 25.4 Å². The number of fused-ring (bicyclic) bond motifs is 1. The van der Waals surface area contributed by atoms with Crippen LogP contribution < -0.4 is 10.6 Å². The Morgan fingerprint density at radius 2 is 2.29 bits per heavy atom. The molecule has 1 aliphatic carbocycles. The first-order valence-corrected chi connectivity index (χ1v) is 5.26. The summed E-state index contributed by atoms with van der Waals surface area (Å²) in [5.74, 6) is 2.50. The Hall–Kier alpha value is -1.26. The van der Waals surface area contributed by atoms with Gasteiger partial charge in [-0.1, -0.05) is 0 Å². The summed E-state index contributed by atoms with van der Waals surface area (Å²) in [4.78, 5) is 4.36. The molecule has 2 N–H and O–H groups in total. The molecule has 0 amide bonds. The van der Waals surface area contributed by atoms with Crippen LogP contribution in [-0.2, 0) is 0 Å². The van der Waals surface area contributed by atoms with Gasteiger partial charge in [0.2, 0.25) is 11.9 Å². The van der Waals surface area contributed by atoms with Crippen molar-refractivity contribution in [2.75, 3.05) is 24.2 Å². The Morgan fingerprint density at radius 3 is 3.00 bits per heavy atom. The molecule has 0 bridgehead atoms. The molecule has 0 saturated heterocycles. The smallest absolute Gasteiger partial charge is 0.243 e. The molecule has 1 aromatic rings. The molecule has 2 aliphatic rings. The van der Waals surface area contributed by atoms with Crippen LogP contribution in [0.3, 0.4) is 0 Å². The number of nitrogens with zero attached hydrogens (tertiary/aromatic N) is 3. The van der Waals surface area contributed by atoms with Crippen molar-refractivity contribution in [2.24, 2.45) is 5.92 Å². The van der Waals surface area contributed by atoms with Crippen LogP contribution >= 0.6 is 0 Å². The van der Waals surface area contributed by atoms with Gasteiger partial charge in [-0.15, -0.1) is 5.10 Å². The van der Waals surface area contributed by atoms with Gasteiger partial charge in [0.15, 0.2) is 0 Å². The third-order valence-corrected chi connectivity index (χ3v) is 3.06. The first kappa shape index (κ1) is 8.08. The molecule has 5 nitrogen and oxygen atoms in total. The third-order valence-electron chi connectivity index (χ3n) is 3.06. The molecule has 0 radical (unpaired) electrons. The van der Waals surface area contributed by atoms with Gasteiger partial charge in [0.05, 0.1) is 6.04 Å². The zero-order valence-electron chi connectivity index (χ0n) is 8.32. The van der Waals surface area contributed by atoms with Crippen molar-refractivity contribution >= 4 is 11.9 Å².